The molecule has 120 valence electrons. The number of hydrogen-bond donors (Lipinski definition) is 1. The summed E-state index contributed by atoms with van der Waals surface area (Å²) in [5.74, 6) is 0. The Kier molecular flexibility index (Phi) is 3.84. The summed E-state index contributed by atoms with van der Waals surface area (Å²) >= 11 is 1.78. The molecule has 4 rings (SSSR count). The Morgan fingerprint density at radius 2 is 2.41 bits per heavy atom. The van der Waals surface area contributed by atoms with Gasteiger partial charge >= 0.3 is 6.03 Å². The van der Waals surface area contributed by atoms with E-state index >= 15 is 0 Å². The number of hydrogen-bond acceptors (Lipinski definition) is 4. The van der Waals surface area contributed by atoms with Crippen molar-refractivity contribution < 1.29 is 14.3 Å². The lowest BCUT2D eigenvalue weighted by molar-refractivity contribution is 0.0445. The molecule has 22 heavy (non-hydrogen) atoms. The maximum atomic E-state index is 12.4. The van der Waals surface area contributed by atoms with E-state index in [4.69, 9.17) is 9.47 Å². The third-order valence-corrected chi connectivity index (χ3v) is 6.12. The summed E-state index contributed by atoms with van der Waals surface area (Å²) in [7, 11) is 0. The van der Waals surface area contributed by atoms with Crippen molar-refractivity contribution in [3.8, 4) is 0 Å². The van der Waals surface area contributed by atoms with Crippen LogP contribution < -0.4 is 5.32 Å². The Bertz CT molecular complexity index is 553. The second kappa shape index (κ2) is 5.83. The Morgan fingerprint density at radius 1 is 1.45 bits per heavy atom. The zero-order valence-corrected chi connectivity index (χ0v) is 13.5. The molecule has 0 saturated carbocycles. The number of thiophene rings is 1. The van der Waals surface area contributed by atoms with Crippen molar-refractivity contribution in [3.63, 3.8) is 0 Å². The maximum Gasteiger partial charge on any atom is 0.317 e. The quantitative estimate of drug-likeness (QED) is 0.908. The molecule has 0 radical (unpaired) electrons. The van der Waals surface area contributed by atoms with Crippen LogP contribution in [0.25, 0.3) is 0 Å². The van der Waals surface area contributed by atoms with Gasteiger partial charge in [0, 0.05) is 43.0 Å². The zero-order valence-electron chi connectivity index (χ0n) is 12.7. The van der Waals surface area contributed by atoms with Crippen molar-refractivity contribution in [2.24, 2.45) is 5.41 Å². The number of amides is 2. The van der Waals surface area contributed by atoms with Crippen molar-refractivity contribution in [2.45, 2.75) is 25.4 Å². The van der Waals surface area contributed by atoms with Crippen molar-refractivity contribution in [1.82, 2.24) is 10.2 Å². The van der Waals surface area contributed by atoms with E-state index in [1.165, 1.54) is 10.4 Å². The first-order chi connectivity index (χ1) is 10.8. The number of nitrogens with zero attached hydrogens (tertiary/aromatic N) is 1. The standard InChI is InChI=1S/C16H22N2O3S/c19-15(18-5-3-16(10-18)4-7-20-11-16)17-9-13-12-2-8-22-14(12)1-6-21-13/h2,8,13H,1,3-7,9-11H2,(H,17,19). The molecule has 1 spiro atoms. The van der Waals surface area contributed by atoms with E-state index < -0.39 is 0 Å². The molecular formula is C16H22N2O3S. The number of ether oxygens (including phenoxy) is 2. The van der Waals surface area contributed by atoms with Gasteiger partial charge in [0.25, 0.3) is 0 Å². The lowest BCUT2D eigenvalue weighted by Crippen LogP contribution is -2.42. The van der Waals surface area contributed by atoms with Crippen molar-refractivity contribution in [2.75, 3.05) is 39.5 Å². The van der Waals surface area contributed by atoms with Gasteiger partial charge in [-0.25, -0.2) is 4.79 Å². The van der Waals surface area contributed by atoms with Gasteiger partial charge in [-0.15, -0.1) is 11.3 Å². The van der Waals surface area contributed by atoms with E-state index in [-0.39, 0.29) is 17.6 Å². The van der Waals surface area contributed by atoms with Gasteiger partial charge in [-0.3, -0.25) is 0 Å². The van der Waals surface area contributed by atoms with Crippen LogP contribution in [0.3, 0.4) is 0 Å². The van der Waals surface area contributed by atoms with Gasteiger partial charge in [0.05, 0.1) is 13.2 Å². The lowest BCUT2D eigenvalue weighted by Gasteiger charge is -2.26. The minimum absolute atomic E-state index is 0.00493. The summed E-state index contributed by atoms with van der Waals surface area (Å²) in [5.41, 5.74) is 1.47. The average molecular weight is 322 g/mol. The summed E-state index contributed by atoms with van der Waals surface area (Å²) in [6.07, 6.45) is 3.15. The van der Waals surface area contributed by atoms with Gasteiger partial charge in [-0.2, -0.15) is 0 Å². The van der Waals surface area contributed by atoms with Gasteiger partial charge in [0.1, 0.15) is 6.10 Å². The minimum atomic E-state index is 0.00493. The Morgan fingerprint density at radius 3 is 3.27 bits per heavy atom. The molecule has 0 bridgehead atoms. The van der Waals surface area contributed by atoms with Gasteiger partial charge < -0.3 is 19.7 Å². The highest BCUT2D eigenvalue weighted by molar-refractivity contribution is 7.10. The van der Waals surface area contributed by atoms with E-state index in [9.17, 15) is 4.79 Å². The summed E-state index contributed by atoms with van der Waals surface area (Å²) in [6, 6.07) is 2.16. The van der Waals surface area contributed by atoms with Crippen LogP contribution in [0.1, 0.15) is 29.4 Å². The number of carbonyl (C=O) groups is 1. The summed E-state index contributed by atoms with van der Waals surface area (Å²) in [4.78, 5) is 15.7. The molecule has 3 aliphatic rings. The molecule has 2 saturated heterocycles. The minimum Gasteiger partial charge on any atom is -0.381 e. The third-order valence-electron chi connectivity index (χ3n) is 5.12. The first-order valence-corrected chi connectivity index (χ1v) is 8.92. The first kappa shape index (κ1) is 14.5. The molecule has 3 aliphatic heterocycles. The highest BCUT2D eigenvalue weighted by atomic mass is 32.1. The summed E-state index contributed by atoms with van der Waals surface area (Å²) in [6.45, 7) is 4.62. The normalized spacial score (nSPS) is 30.7. The largest absolute Gasteiger partial charge is 0.381 e. The molecule has 1 aromatic rings. The van der Waals surface area contributed by atoms with Crippen LogP contribution in [0, 0.1) is 5.41 Å². The molecule has 5 nitrogen and oxygen atoms in total. The fourth-order valence-electron chi connectivity index (χ4n) is 3.76. The second-order valence-corrected chi connectivity index (χ2v) is 7.57. The zero-order chi connectivity index (χ0) is 15.0. The fraction of sp³-hybridized carbons (Fsp3) is 0.688. The van der Waals surface area contributed by atoms with Crippen LogP contribution in [0.5, 0.6) is 0 Å². The molecule has 2 amide bonds. The van der Waals surface area contributed by atoms with E-state index in [1.54, 1.807) is 11.3 Å². The maximum absolute atomic E-state index is 12.4. The highest BCUT2D eigenvalue weighted by Crippen LogP contribution is 2.38. The Hall–Kier alpha value is -1.11. The van der Waals surface area contributed by atoms with E-state index in [1.807, 2.05) is 4.90 Å². The van der Waals surface area contributed by atoms with Crippen LogP contribution in [0.4, 0.5) is 4.79 Å². The number of fused-ring (bicyclic) bond motifs is 1. The number of nitrogens with one attached hydrogen (secondary N) is 1. The molecule has 1 N–H and O–H groups in total. The molecule has 4 heterocycles. The lowest BCUT2D eigenvalue weighted by atomic mass is 9.87. The number of likely N-dealkylation sites (tertiary alicyclic amines) is 1. The molecule has 2 fully saturated rings. The average Bonchev–Trinajstić information content (AvgIpc) is 3.26. The Labute approximate surface area is 134 Å². The first-order valence-electron chi connectivity index (χ1n) is 8.04. The van der Waals surface area contributed by atoms with Crippen LogP contribution in [-0.4, -0.2) is 50.4 Å². The second-order valence-electron chi connectivity index (χ2n) is 6.57. The van der Waals surface area contributed by atoms with E-state index in [2.05, 4.69) is 16.8 Å². The Balaban J connectivity index is 1.32. The van der Waals surface area contributed by atoms with Crippen molar-refractivity contribution in [3.05, 3.63) is 21.9 Å². The van der Waals surface area contributed by atoms with Crippen LogP contribution in [0.2, 0.25) is 0 Å². The molecule has 2 atom stereocenters. The van der Waals surface area contributed by atoms with Gasteiger partial charge in [-0.1, -0.05) is 0 Å². The van der Waals surface area contributed by atoms with Crippen LogP contribution in [0.15, 0.2) is 11.4 Å². The van der Waals surface area contributed by atoms with Gasteiger partial charge in [-0.05, 0) is 29.9 Å². The smallest absolute Gasteiger partial charge is 0.317 e. The molecular weight excluding hydrogens is 300 g/mol. The summed E-state index contributed by atoms with van der Waals surface area (Å²) < 4.78 is 11.3. The fourth-order valence-corrected chi connectivity index (χ4v) is 4.68. The summed E-state index contributed by atoms with van der Waals surface area (Å²) in [5, 5.41) is 5.17. The van der Waals surface area contributed by atoms with E-state index in [0.29, 0.717) is 6.54 Å². The monoisotopic (exact) mass is 322 g/mol. The predicted octanol–water partition coefficient (Wildman–Crippen LogP) is 2.18. The molecule has 0 aromatic carbocycles. The molecule has 1 aromatic heterocycles. The van der Waals surface area contributed by atoms with Gasteiger partial charge in [0.15, 0.2) is 0 Å². The molecule has 2 unspecified atom stereocenters. The SMILES string of the molecule is O=C(NCC1OCCc2sccc21)N1CCC2(CCOC2)C1. The molecule has 6 heteroatoms. The topological polar surface area (TPSA) is 50.8 Å². The number of urea groups is 1. The third kappa shape index (κ3) is 2.64. The van der Waals surface area contributed by atoms with E-state index in [0.717, 1.165) is 52.2 Å². The van der Waals surface area contributed by atoms with Crippen LogP contribution >= 0.6 is 11.3 Å². The highest BCUT2D eigenvalue weighted by Gasteiger charge is 2.42. The van der Waals surface area contributed by atoms with Gasteiger partial charge in [0.2, 0.25) is 0 Å². The predicted molar refractivity (Wildman–Crippen MR) is 84.2 cm³/mol. The molecule has 0 aliphatic carbocycles. The van der Waals surface area contributed by atoms with Crippen molar-refractivity contribution in [1.29, 1.82) is 0 Å². The van der Waals surface area contributed by atoms with Crippen LogP contribution in [-0.2, 0) is 15.9 Å². The number of rotatable bonds is 2. The number of carbonyl (C=O) groups excluding carboxylic acids is 1. The van der Waals surface area contributed by atoms with Crippen molar-refractivity contribution >= 4 is 17.4 Å².